The van der Waals surface area contributed by atoms with Crippen LogP contribution in [0.25, 0.3) is 0 Å². The van der Waals surface area contributed by atoms with E-state index in [1.165, 1.54) is 4.90 Å². The molecule has 24 heavy (non-hydrogen) atoms. The van der Waals surface area contributed by atoms with Crippen molar-refractivity contribution < 1.29 is 19.4 Å². The highest BCUT2D eigenvalue weighted by Gasteiger charge is 2.45. The zero-order valence-corrected chi connectivity index (χ0v) is 13.2. The van der Waals surface area contributed by atoms with Gasteiger partial charge in [0.25, 0.3) is 5.91 Å². The molecule has 0 saturated heterocycles. The number of esters is 1. The zero-order valence-electron chi connectivity index (χ0n) is 13.2. The smallest absolute Gasteiger partial charge is 0.340 e. The van der Waals surface area contributed by atoms with E-state index in [4.69, 9.17) is 4.74 Å². The maximum Gasteiger partial charge on any atom is 0.340 e. The van der Waals surface area contributed by atoms with Crippen molar-refractivity contribution in [3.63, 3.8) is 0 Å². The SMILES string of the molecule is CCOC(=O)C1=C(O)C(=O)N(c2ccccc2)[C@H]1c1ccccc1. The second kappa shape index (κ2) is 6.58. The van der Waals surface area contributed by atoms with Crippen LogP contribution in [0.1, 0.15) is 18.5 Å². The van der Waals surface area contributed by atoms with Crippen LogP contribution < -0.4 is 4.90 Å². The zero-order chi connectivity index (χ0) is 17.1. The Balaban J connectivity index is 2.14. The minimum atomic E-state index is -0.722. The van der Waals surface area contributed by atoms with Crippen molar-refractivity contribution in [3.8, 4) is 0 Å². The highest BCUT2D eigenvalue weighted by Crippen LogP contribution is 2.40. The normalized spacial score (nSPS) is 17.3. The fourth-order valence-electron chi connectivity index (χ4n) is 2.83. The van der Waals surface area contributed by atoms with Crippen LogP contribution >= 0.6 is 0 Å². The second-order valence-corrected chi connectivity index (χ2v) is 5.31. The van der Waals surface area contributed by atoms with Crippen molar-refractivity contribution in [1.29, 1.82) is 0 Å². The van der Waals surface area contributed by atoms with E-state index < -0.39 is 23.7 Å². The van der Waals surface area contributed by atoms with Crippen LogP contribution in [-0.2, 0) is 14.3 Å². The molecule has 5 heteroatoms. The first-order chi connectivity index (χ1) is 11.6. The first kappa shape index (κ1) is 15.8. The number of rotatable bonds is 4. The Bertz CT molecular complexity index is 784. The molecule has 2 aromatic rings. The molecule has 1 aliphatic rings. The number of aliphatic hydroxyl groups is 1. The third-order valence-corrected chi connectivity index (χ3v) is 3.85. The molecule has 0 unspecified atom stereocenters. The Hall–Kier alpha value is -3.08. The predicted octanol–water partition coefficient (Wildman–Crippen LogP) is 3.15. The van der Waals surface area contributed by atoms with Crippen molar-refractivity contribution in [2.24, 2.45) is 0 Å². The van der Waals surface area contributed by atoms with Crippen molar-refractivity contribution in [2.75, 3.05) is 11.5 Å². The molecule has 0 saturated carbocycles. The van der Waals surface area contributed by atoms with E-state index in [0.717, 1.165) is 5.56 Å². The monoisotopic (exact) mass is 323 g/mol. The number of carbonyl (C=O) groups excluding carboxylic acids is 2. The summed E-state index contributed by atoms with van der Waals surface area (Å²) in [5, 5.41) is 10.3. The average molecular weight is 323 g/mol. The van der Waals surface area contributed by atoms with Gasteiger partial charge in [0.1, 0.15) is 5.57 Å². The number of hydrogen-bond acceptors (Lipinski definition) is 4. The summed E-state index contributed by atoms with van der Waals surface area (Å²) in [6.45, 7) is 1.84. The second-order valence-electron chi connectivity index (χ2n) is 5.31. The lowest BCUT2D eigenvalue weighted by atomic mass is 9.99. The molecular weight excluding hydrogens is 306 g/mol. The highest BCUT2D eigenvalue weighted by molar-refractivity contribution is 6.15. The minimum Gasteiger partial charge on any atom is -0.503 e. The molecule has 1 N–H and O–H groups in total. The van der Waals surface area contributed by atoms with Gasteiger partial charge in [-0.1, -0.05) is 48.5 Å². The third kappa shape index (κ3) is 2.65. The number of para-hydroxylation sites is 1. The molecule has 1 aliphatic heterocycles. The molecule has 0 spiro atoms. The highest BCUT2D eigenvalue weighted by atomic mass is 16.5. The summed E-state index contributed by atoms with van der Waals surface area (Å²) in [5.41, 5.74) is 1.29. The summed E-state index contributed by atoms with van der Waals surface area (Å²) in [6.07, 6.45) is 0. The number of hydrogen-bond donors (Lipinski definition) is 1. The topological polar surface area (TPSA) is 66.8 Å². The summed E-state index contributed by atoms with van der Waals surface area (Å²) in [6, 6.07) is 17.3. The quantitative estimate of drug-likeness (QED) is 0.878. The fraction of sp³-hybridized carbons (Fsp3) is 0.158. The molecule has 0 aromatic heterocycles. The van der Waals surface area contributed by atoms with Gasteiger partial charge in [-0.05, 0) is 24.6 Å². The summed E-state index contributed by atoms with van der Waals surface area (Å²) in [5.74, 6) is -1.86. The van der Waals surface area contributed by atoms with E-state index in [1.807, 2.05) is 36.4 Å². The van der Waals surface area contributed by atoms with E-state index in [2.05, 4.69) is 0 Å². The van der Waals surface area contributed by atoms with Crippen LogP contribution in [0.3, 0.4) is 0 Å². The maximum atomic E-state index is 12.6. The predicted molar refractivity (Wildman–Crippen MR) is 89.4 cm³/mol. The number of carbonyl (C=O) groups is 2. The molecule has 1 atom stereocenters. The van der Waals surface area contributed by atoms with Crippen LogP contribution in [-0.4, -0.2) is 23.6 Å². The van der Waals surface area contributed by atoms with Gasteiger partial charge in [0.05, 0.1) is 12.6 Å². The van der Waals surface area contributed by atoms with E-state index in [0.29, 0.717) is 5.69 Å². The molecule has 1 heterocycles. The van der Waals surface area contributed by atoms with Gasteiger partial charge >= 0.3 is 5.97 Å². The summed E-state index contributed by atoms with van der Waals surface area (Å²) in [7, 11) is 0. The van der Waals surface area contributed by atoms with Crippen LogP contribution in [0.5, 0.6) is 0 Å². The molecule has 5 nitrogen and oxygen atoms in total. The molecule has 122 valence electrons. The summed E-state index contributed by atoms with van der Waals surface area (Å²) < 4.78 is 5.04. The first-order valence-corrected chi connectivity index (χ1v) is 7.69. The number of amides is 1. The van der Waals surface area contributed by atoms with Gasteiger partial charge in [-0.3, -0.25) is 9.69 Å². The van der Waals surface area contributed by atoms with E-state index in [-0.39, 0.29) is 12.2 Å². The minimum absolute atomic E-state index is 0.0306. The Morgan fingerprint density at radius 2 is 1.67 bits per heavy atom. The maximum absolute atomic E-state index is 12.6. The van der Waals surface area contributed by atoms with Gasteiger partial charge in [-0.15, -0.1) is 0 Å². The van der Waals surface area contributed by atoms with Crippen LogP contribution in [0.4, 0.5) is 5.69 Å². The Labute approximate surface area is 139 Å². The molecule has 3 rings (SSSR count). The number of benzene rings is 2. The van der Waals surface area contributed by atoms with Gasteiger partial charge in [0, 0.05) is 5.69 Å². The largest absolute Gasteiger partial charge is 0.503 e. The van der Waals surface area contributed by atoms with Crippen molar-refractivity contribution in [3.05, 3.63) is 77.6 Å². The summed E-state index contributed by atoms with van der Waals surface area (Å²) >= 11 is 0. The van der Waals surface area contributed by atoms with Gasteiger partial charge in [-0.25, -0.2) is 4.79 Å². The summed E-state index contributed by atoms with van der Waals surface area (Å²) in [4.78, 5) is 26.4. The van der Waals surface area contributed by atoms with E-state index in [9.17, 15) is 14.7 Å². The Morgan fingerprint density at radius 1 is 1.08 bits per heavy atom. The van der Waals surface area contributed by atoms with Gasteiger partial charge in [0.2, 0.25) is 0 Å². The number of aliphatic hydroxyl groups excluding tert-OH is 1. The van der Waals surface area contributed by atoms with Gasteiger partial charge in [-0.2, -0.15) is 0 Å². The first-order valence-electron chi connectivity index (χ1n) is 7.69. The Morgan fingerprint density at radius 3 is 2.25 bits per heavy atom. The lowest BCUT2D eigenvalue weighted by Gasteiger charge is -2.26. The molecule has 1 amide bonds. The van der Waals surface area contributed by atoms with Crippen LogP contribution in [0, 0.1) is 0 Å². The van der Waals surface area contributed by atoms with E-state index >= 15 is 0 Å². The van der Waals surface area contributed by atoms with Crippen molar-refractivity contribution >= 4 is 17.6 Å². The molecule has 0 bridgehead atoms. The number of nitrogens with zero attached hydrogens (tertiary/aromatic N) is 1. The number of ether oxygens (including phenoxy) is 1. The van der Waals surface area contributed by atoms with Crippen molar-refractivity contribution in [2.45, 2.75) is 13.0 Å². The molecule has 2 aromatic carbocycles. The standard InChI is InChI=1S/C19H17NO4/c1-2-24-19(23)15-16(13-9-5-3-6-10-13)20(18(22)17(15)21)14-11-7-4-8-12-14/h3-12,16,21H,2H2,1H3/t16-/m0/s1. The lowest BCUT2D eigenvalue weighted by molar-refractivity contribution is -0.139. The number of anilines is 1. The van der Waals surface area contributed by atoms with Gasteiger partial charge in [0.15, 0.2) is 5.76 Å². The van der Waals surface area contributed by atoms with Crippen LogP contribution in [0.15, 0.2) is 72.0 Å². The molecule has 0 aliphatic carbocycles. The molecular formula is C19H17NO4. The van der Waals surface area contributed by atoms with E-state index in [1.54, 1.807) is 31.2 Å². The van der Waals surface area contributed by atoms with Crippen LogP contribution in [0.2, 0.25) is 0 Å². The fourth-order valence-corrected chi connectivity index (χ4v) is 2.83. The lowest BCUT2D eigenvalue weighted by Crippen LogP contribution is -2.31. The average Bonchev–Trinajstić information content (AvgIpc) is 2.88. The third-order valence-electron chi connectivity index (χ3n) is 3.85. The molecule has 0 radical (unpaired) electrons. The van der Waals surface area contributed by atoms with Crippen molar-refractivity contribution in [1.82, 2.24) is 0 Å². The van der Waals surface area contributed by atoms with Gasteiger partial charge < -0.3 is 9.84 Å². The Kier molecular flexibility index (Phi) is 4.33. The molecule has 0 fully saturated rings.